The monoisotopic (exact) mass is 303 g/mol. The third-order valence-corrected chi connectivity index (χ3v) is 4.14. The summed E-state index contributed by atoms with van der Waals surface area (Å²) < 4.78 is 5.01. The van der Waals surface area contributed by atoms with E-state index in [0.29, 0.717) is 25.3 Å². The summed E-state index contributed by atoms with van der Waals surface area (Å²) in [6, 6.07) is 9.78. The number of hydrogen-bond donors (Lipinski definition) is 1. The molecule has 0 unspecified atom stereocenters. The third kappa shape index (κ3) is 6.29. The number of hydrogen-bond acceptors (Lipinski definition) is 3. The largest absolute Gasteiger partial charge is 0.456 e. The van der Waals surface area contributed by atoms with Gasteiger partial charge in [0.15, 0.2) is 6.61 Å². The van der Waals surface area contributed by atoms with Crippen molar-refractivity contribution in [2.45, 2.75) is 44.9 Å². The minimum atomic E-state index is -0.323. The summed E-state index contributed by atoms with van der Waals surface area (Å²) in [5.41, 5.74) is 1.10. The fourth-order valence-electron chi connectivity index (χ4n) is 2.81. The molecule has 1 amide bonds. The van der Waals surface area contributed by atoms with E-state index in [2.05, 4.69) is 5.32 Å². The van der Waals surface area contributed by atoms with E-state index >= 15 is 0 Å². The first kappa shape index (κ1) is 16.5. The van der Waals surface area contributed by atoms with Gasteiger partial charge in [-0.3, -0.25) is 9.59 Å². The number of amides is 1. The number of ether oxygens (including phenoxy) is 1. The predicted octanol–water partition coefficient (Wildman–Crippen LogP) is 2.86. The highest BCUT2D eigenvalue weighted by atomic mass is 16.5. The van der Waals surface area contributed by atoms with Crippen LogP contribution in [-0.4, -0.2) is 25.0 Å². The lowest BCUT2D eigenvalue weighted by molar-refractivity contribution is -0.148. The van der Waals surface area contributed by atoms with Crippen LogP contribution in [0.5, 0.6) is 0 Å². The summed E-state index contributed by atoms with van der Waals surface area (Å²) >= 11 is 0. The van der Waals surface area contributed by atoms with Crippen LogP contribution in [0.3, 0.4) is 0 Å². The second kappa shape index (κ2) is 9.23. The molecule has 0 aliphatic heterocycles. The molecule has 0 saturated heterocycles. The number of aryl methyl sites for hydroxylation is 1. The molecule has 1 N–H and O–H groups in total. The van der Waals surface area contributed by atoms with Gasteiger partial charge in [-0.15, -0.1) is 0 Å². The van der Waals surface area contributed by atoms with Gasteiger partial charge in [-0.25, -0.2) is 0 Å². The van der Waals surface area contributed by atoms with Crippen molar-refractivity contribution in [2.75, 3.05) is 13.2 Å². The molecule has 0 spiro atoms. The van der Waals surface area contributed by atoms with Crippen LogP contribution in [-0.2, 0) is 20.7 Å². The fourth-order valence-corrected chi connectivity index (χ4v) is 2.81. The van der Waals surface area contributed by atoms with E-state index in [-0.39, 0.29) is 18.5 Å². The molecular weight excluding hydrogens is 278 g/mol. The van der Waals surface area contributed by atoms with Gasteiger partial charge < -0.3 is 10.1 Å². The van der Waals surface area contributed by atoms with E-state index in [1.165, 1.54) is 32.1 Å². The van der Waals surface area contributed by atoms with Gasteiger partial charge in [0, 0.05) is 13.0 Å². The number of esters is 1. The minimum absolute atomic E-state index is 0.166. The lowest BCUT2D eigenvalue weighted by atomic mass is 9.89. The Labute approximate surface area is 132 Å². The zero-order chi connectivity index (χ0) is 15.6. The minimum Gasteiger partial charge on any atom is -0.456 e. The molecule has 4 heteroatoms. The second-order valence-electron chi connectivity index (χ2n) is 5.95. The highest BCUT2D eigenvalue weighted by molar-refractivity contribution is 5.80. The van der Waals surface area contributed by atoms with Crippen LogP contribution in [0.2, 0.25) is 0 Å². The van der Waals surface area contributed by atoms with E-state index < -0.39 is 0 Å². The Morgan fingerprint density at radius 3 is 2.55 bits per heavy atom. The second-order valence-corrected chi connectivity index (χ2v) is 5.95. The van der Waals surface area contributed by atoms with Gasteiger partial charge in [-0.1, -0.05) is 49.6 Å². The first-order valence-corrected chi connectivity index (χ1v) is 8.20. The molecule has 1 aromatic rings. The summed E-state index contributed by atoms with van der Waals surface area (Å²) in [6.07, 6.45) is 7.16. The molecule has 0 heterocycles. The molecule has 2 rings (SSSR count). The van der Waals surface area contributed by atoms with Gasteiger partial charge in [0.2, 0.25) is 0 Å². The first-order valence-electron chi connectivity index (χ1n) is 8.20. The molecule has 0 bridgehead atoms. The molecule has 1 fully saturated rings. The zero-order valence-electron chi connectivity index (χ0n) is 13.1. The average Bonchev–Trinajstić information content (AvgIpc) is 2.58. The Morgan fingerprint density at radius 2 is 1.82 bits per heavy atom. The summed E-state index contributed by atoms with van der Waals surface area (Å²) in [7, 11) is 0. The summed E-state index contributed by atoms with van der Waals surface area (Å²) in [4.78, 5) is 23.3. The molecule has 1 aromatic carbocycles. The molecule has 0 atom stereocenters. The maximum Gasteiger partial charge on any atom is 0.306 e. The van der Waals surface area contributed by atoms with Crippen molar-refractivity contribution in [1.29, 1.82) is 0 Å². The molecule has 0 aromatic heterocycles. The first-order chi connectivity index (χ1) is 10.7. The van der Waals surface area contributed by atoms with Crippen LogP contribution >= 0.6 is 0 Å². The van der Waals surface area contributed by atoms with Gasteiger partial charge in [0.1, 0.15) is 0 Å². The molecule has 1 aliphatic carbocycles. The topological polar surface area (TPSA) is 55.4 Å². The zero-order valence-corrected chi connectivity index (χ0v) is 13.1. The molecule has 1 saturated carbocycles. The van der Waals surface area contributed by atoms with E-state index in [9.17, 15) is 9.59 Å². The number of rotatable bonds is 7. The molecular formula is C18H25NO3. The van der Waals surface area contributed by atoms with E-state index in [1.807, 2.05) is 30.3 Å². The van der Waals surface area contributed by atoms with Crippen molar-refractivity contribution in [2.24, 2.45) is 5.92 Å². The SMILES string of the molecule is O=C(COC(=O)CCc1ccccc1)NCC1CCCCC1. The normalized spacial score (nSPS) is 15.3. The standard InChI is InChI=1S/C18H25NO3/c20-17(19-13-16-9-5-2-6-10-16)14-22-18(21)12-11-15-7-3-1-4-8-15/h1,3-4,7-8,16H,2,5-6,9-14H2,(H,19,20). The Morgan fingerprint density at radius 1 is 1.09 bits per heavy atom. The quantitative estimate of drug-likeness (QED) is 0.788. The van der Waals surface area contributed by atoms with Gasteiger partial charge in [-0.05, 0) is 30.7 Å². The number of nitrogens with one attached hydrogen (secondary N) is 1. The van der Waals surface area contributed by atoms with E-state index in [4.69, 9.17) is 4.74 Å². The smallest absolute Gasteiger partial charge is 0.306 e. The summed E-state index contributed by atoms with van der Waals surface area (Å²) in [5.74, 6) is 0.0711. The van der Waals surface area contributed by atoms with Crippen LogP contribution < -0.4 is 5.32 Å². The molecule has 1 aliphatic rings. The van der Waals surface area contributed by atoms with Gasteiger partial charge in [0.25, 0.3) is 5.91 Å². The maximum atomic E-state index is 11.7. The Balaban J connectivity index is 1.56. The highest BCUT2D eigenvalue weighted by Crippen LogP contribution is 2.22. The van der Waals surface area contributed by atoms with Crippen LogP contribution in [0, 0.1) is 5.92 Å². The van der Waals surface area contributed by atoms with Crippen molar-refractivity contribution in [3.63, 3.8) is 0 Å². The van der Waals surface area contributed by atoms with Gasteiger partial charge >= 0.3 is 5.97 Å². The number of benzene rings is 1. The maximum absolute atomic E-state index is 11.7. The average molecular weight is 303 g/mol. The Bertz CT molecular complexity index is 466. The summed E-state index contributed by atoms with van der Waals surface area (Å²) in [5, 5.41) is 2.87. The van der Waals surface area contributed by atoms with Crippen molar-refractivity contribution in [1.82, 2.24) is 5.32 Å². The molecule has 22 heavy (non-hydrogen) atoms. The molecule has 120 valence electrons. The van der Waals surface area contributed by atoms with Crippen molar-refractivity contribution in [3.05, 3.63) is 35.9 Å². The molecule has 0 radical (unpaired) electrons. The number of carbonyl (C=O) groups excluding carboxylic acids is 2. The van der Waals surface area contributed by atoms with Crippen LogP contribution in [0.1, 0.15) is 44.1 Å². The Kier molecular flexibility index (Phi) is 6.94. The fraction of sp³-hybridized carbons (Fsp3) is 0.556. The van der Waals surface area contributed by atoms with E-state index in [0.717, 1.165) is 5.56 Å². The van der Waals surface area contributed by atoms with Crippen molar-refractivity contribution in [3.8, 4) is 0 Å². The summed E-state index contributed by atoms with van der Waals surface area (Å²) in [6.45, 7) is 0.542. The Hall–Kier alpha value is -1.84. The molecule has 4 nitrogen and oxygen atoms in total. The van der Waals surface area contributed by atoms with Gasteiger partial charge in [-0.2, -0.15) is 0 Å². The van der Waals surface area contributed by atoms with E-state index in [1.54, 1.807) is 0 Å². The highest BCUT2D eigenvalue weighted by Gasteiger charge is 2.14. The van der Waals surface area contributed by atoms with Crippen molar-refractivity contribution < 1.29 is 14.3 Å². The third-order valence-electron chi connectivity index (χ3n) is 4.14. The lowest BCUT2D eigenvalue weighted by Gasteiger charge is -2.21. The lowest BCUT2D eigenvalue weighted by Crippen LogP contribution is -2.33. The van der Waals surface area contributed by atoms with Gasteiger partial charge in [0.05, 0.1) is 0 Å². The van der Waals surface area contributed by atoms with Crippen LogP contribution in [0.4, 0.5) is 0 Å². The van der Waals surface area contributed by atoms with Crippen LogP contribution in [0.25, 0.3) is 0 Å². The predicted molar refractivity (Wildman–Crippen MR) is 85.3 cm³/mol. The van der Waals surface area contributed by atoms with Crippen LogP contribution in [0.15, 0.2) is 30.3 Å². The van der Waals surface area contributed by atoms with Crippen molar-refractivity contribution >= 4 is 11.9 Å². The number of carbonyl (C=O) groups is 2.